The van der Waals surface area contributed by atoms with E-state index in [1.807, 2.05) is 42.6 Å². The lowest BCUT2D eigenvalue weighted by molar-refractivity contribution is 1.07. The van der Waals surface area contributed by atoms with Crippen LogP contribution in [0.25, 0.3) is 22.5 Å². The van der Waals surface area contributed by atoms with Gasteiger partial charge in [0.25, 0.3) is 0 Å². The number of nitrogens with one attached hydrogen (secondary N) is 1. The smallest absolute Gasteiger partial charge is 0.137 e. The Labute approximate surface area is 128 Å². The number of imidazole rings is 1. The maximum Gasteiger partial charge on any atom is 0.137 e. The highest BCUT2D eigenvalue weighted by Crippen LogP contribution is 2.23. The Hall–Kier alpha value is -3.07. The van der Waals surface area contributed by atoms with Gasteiger partial charge in [-0.2, -0.15) is 0 Å². The predicted octanol–water partition coefficient (Wildman–Crippen LogP) is 4.02. The van der Waals surface area contributed by atoms with E-state index in [1.54, 1.807) is 0 Å². The van der Waals surface area contributed by atoms with E-state index in [4.69, 9.17) is 0 Å². The first-order chi connectivity index (χ1) is 10.8. The van der Waals surface area contributed by atoms with Crippen molar-refractivity contribution in [3.05, 3.63) is 91.1 Å². The fraction of sp³-hybridized carbons (Fsp3) is 0. The number of hydrogen-bond donors (Lipinski definition) is 1. The van der Waals surface area contributed by atoms with Gasteiger partial charge in [0.05, 0.1) is 17.6 Å². The third-order valence-corrected chi connectivity index (χ3v) is 3.75. The average molecular weight is 285 g/mol. The molecule has 1 aliphatic rings. The molecule has 0 bridgehead atoms. The summed E-state index contributed by atoms with van der Waals surface area (Å²) in [7, 11) is 0. The number of allylic oxidation sites excluding steroid dienone is 3. The van der Waals surface area contributed by atoms with Crippen molar-refractivity contribution in [2.75, 3.05) is 0 Å². The number of pyridine rings is 1. The van der Waals surface area contributed by atoms with Crippen LogP contribution in [0.4, 0.5) is 0 Å². The zero-order valence-electron chi connectivity index (χ0n) is 12.0. The van der Waals surface area contributed by atoms with Gasteiger partial charge in [0, 0.05) is 11.9 Å². The van der Waals surface area contributed by atoms with E-state index in [-0.39, 0.29) is 0 Å². The second-order valence-electron chi connectivity index (χ2n) is 5.24. The van der Waals surface area contributed by atoms with Crippen LogP contribution in [0.2, 0.25) is 0 Å². The Morgan fingerprint density at radius 2 is 1.91 bits per heavy atom. The Bertz CT molecular complexity index is 914. The fourth-order valence-electron chi connectivity index (χ4n) is 2.66. The number of benzene rings is 1. The first kappa shape index (κ1) is 12.7. The molecule has 22 heavy (non-hydrogen) atoms. The molecular formula is C19H15N3. The largest absolute Gasteiger partial charge is 0.354 e. The molecule has 0 aliphatic carbocycles. The van der Waals surface area contributed by atoms with E-state index in [1.165, 1.54) is 11.1 Å². The molecule has 2 aromatic heterocycles. The van der Waals surface area contributed by atoms with Crippen LogP contribution in [0.1, 0.15) is 5.69 Å². The van der Waals surface area contributed by atoms with Crippen LogP contribution in [0.3, 0.4) is 0 Å². The lowest BCUT2D eigenvalue weighted by atomic mass is 10.1. The van der Waals surface area contributed by atoms with Crippen molar-refractivity contribution < 1.29 is 0 Å². The zero-order valence-corrected chi connectivity index (χ0v) is 12.0. The Morgan fingerprint density at radius 1 is 1.05 bits per heavy atom. The standard InChI is InChI=1S/C19H15N3/c1-14-6-5-9-17(21-14)18-13-20-19-12-16(10-11-22(18)19)15-7-3-2-4-8-15/h2-13,21H,1H2. The SMILES string of the molecule is C=C1C=CC=C(c2cnc3cc(-c4ccccc4)ccn23)N1. The highest BCUT2D eigenvalue weighted by atomic mass is 15.0. The summed E-state index contributed by atoms with van der Waals surface area (Å²) in [5.41, 5.74) is 6.21. The van der Waals surface area contributed by atoms with Crippen molar-refractivity contribution in [2.24, 2.45) is 0 Å². The molecule has 3 heterocycles. The van der Waals surface area contributed by atoms with Crippen LogP contribution >= 0.6 is 0 Å². The summed E-state index contributed by atoms with van der Waals surface area (Å²) in [6, 6.07) is 14.5. The first-order valence-corrected chi connectivity index (χ1v) is 7.18. The van der Waals surface area contributed by atoms with Crippen molar-refractivity contribution in [3.63, 3.8) is 0 Å². The molecule has 0 atom stereocenters. The van der Waals surface area contributed by atoms with Crippen molar-refractivity contribution in [2.45, 2.75) is 0 Å². The van der Waals surface area contributed by atoms with Gasteiger partial charge in [0.15, 0.2) is 0 Å². The second kappa shape index (κ2) is 5.04. The van der Waals surface area contributed by atoms with Crippen LogP contribution in [-0.2, 0) is 0 Å². The number of fused-ring (bicyclic) bond motifs is 1. The number of hydrogen-bond acceptors (Lipinski definition) is 2. The summed E-state index contributed by atoms with van der Waals surface area (Å²) in [4.78, 5) is 4.53. The third kappa shape index (κ3) is 2.13. The molecule has 3 heteroatoms. The summed E-state index contributed by atoms with van der Waals surface area (Å²) >= 11 is 0. The molecular weight excluding hydrogens is 270 g/mol. The topological polar surface area (TPSA) is 29.3 Å². The van der Waals surface area contributed by atoms with Crippen LogP contribution < -0.4 is 5.32 Å². The molecule has 0 amide bonds. The normalized spacial score (nSPS) is 14.0. The minimum absolute atomic E-state index is 0.883. The van der Waals surface area contributed by atoms with E-state index in [9.17, 15) is 0 Å². The molecule has 1 aromatic carbocycles. The number of aromatic nitrogens is 2. The maximum absolute atomic E-state index is 4.53. The Balaban J connectivity index is 1.80. The summed E-state index contributed by atoms with van der Waals surface area (Å²) in [6.45, 7) is 3.94. The van der Waals surface area contributed by atoms with Crippen molar-refractivity contribution in [1.82, 2.24) is 14.7 Å². The van der Waals surface area contributed by atoms with Crippen LogP contribution in [0, 0.1) is 0 Å². The monoisotopic (exact) mass is 285 g/mol. The van der Waals surface area contributed by atoms with E-state index in [0.717, 1.165) is 22.7 Å². The number of dihydropyridines is 1. The highest BCUT2D eigenvalue weighted by molar-refractivity contribution is 5.72. The van der Waals surface area contributed by atoms with Gasteiger partial charge < -0.3 is 5.32 Å². The molecule has 0 spiro atoms. The quantitative estimate of drug-likeness (QED) is 0.770. The molecule has 106 valence electrons. The van der Waals surface area contributed by atoms with Crippen molar-refractivity contribution in [1.29, 1.82) is 0 Å². The summed E-state index contributed by atoms with van der Waals surface area (Å²) < 4.78 is 2.08. The second-order valence-corrected chi connectivity index (χ2v) is 5.24. The average Bonchev–Trinajstić information content (AvgIpc) is 2.99. The zero-order chi connectivity index (χ0) is 14.9. The molecule has 3 aromatic rings. The lowest BCUT2D eigenvalue weighted by Gasteiger charge is -2.13. The minimum atomic E-state index is 0.883. The molecule has 4 rings (SSSR count). The third-order valence-electron chi connectivity index (χ3n) is 3.75. The molecule has 0 saturated heterocycles. The summed E-state index contributed by atoms with van der Waals surface area (Å²) in [6.07, 6.45) is 9.91. The molecule has 0 unspecified atom stereocenters. The Morgan fingerprint density at radius 3 is 2.73 bits per heavy atom. The summed E-state index contributed by atoms with van der Waals surface area (Å²) in [5, 5.41) is 3.28. The van der Waals surface area contributed by atoms with Gasteiger partial charge >= 0.3 is 0 Å². The molecule has 1 N–H and O–H groups in total. The highest BCUT2D eigenvalue weighted by Gasteiger charge is 2.11. The van der Waals surface area contributed by atoms with Gasteiger partial charge in [0.2, 0.25) is 0 Å². The Kier molecular flexibility index (Phi) is 2.90. The van der Waals surface area contributed by atoms with E-state index in [2.05, 4.69) is 51.7 Å². The van der Waals surface area contributed by atoms with Gasteiger partial charge in [-0.05, 0) is 35.4 Å². The minimum Gasteiger partial charge on any atom is -0.354 e. The van der Waals surface area contributed by atoms with Gasteiger partial charge in [-0.1, -0.05) is 43.0 Å². The van der Waals surface area contributed by atoms with E-state index < -0.39 is 0 Å². The molecule has 0 fully saturated rings. The first-order valence-electron chi connectivity index (χ1n) is 7.18. The van der Waals surface area contributed by atoms with E-state index in [0.29, 0.717) is 0 Å². The van der Waals surface area contributed by atoms with Gasteiger partial charge in [-0.15, -0.1) is 0 Å². The van der Waals surface area contributed by atoms with E-state index >= 15 is 0 Å². The lowest BCUT2D eigenvalue weighted by Crippen LogP contribution is -2.13. The predicted molar refractivity (Wildman–Crippen MR) is 90.0 cm³/mol. The van der Waals surface area contributed by atoms with Gasteiger partial charge in [-0.3, -0.25) is 4.40 Å². The van der Waals surface area contributed by atoms with Gasteiger partial charge in [-0.25, -0.2) is 4.98 Å². The van der Waals surface area contributed by atoms with Crippen LogP contribution in [-0.4, -0.2) is 9.38 Å². The molecule has 0 saturated carbocycles. The molecule has 0 radical (unpaired) electrons. The maximum atomic E-state index is 4.53. The van der Waals surface area contributed by atoms with Crippen LogP contribution in [0.15, 0.2) is 85.4 Å². The number of nitrogens with zero attached hydrogens (tertiary/aromatic N) is 2. The van der Waals surface area contributed by atoms with Gasteiger partial charge in [0.1, 0.15) is 5.65 Å². The fourth-order valence-corrected chi connectivity index (χ4v) is 2.66. The van der Waals surface area contributed by atoms with Crippen molar-refractivity contribution in [3.8, 4) is 11.1 Å². The molecule has 1 aliphatic heterocycles. The summed E-state index contributed by atoms with van der Waals surface area (Å²) in [5.74, 6) is 0. The molecule has 3 nitrogen and oxygen atoms in total. The van der Waals surface area contributed by atoms with Crippen molar-refractivity contribution >= 4 is 11.3 Å². The number of rotatable bonds is 2. The van der Waals surface area contributed by atoms with Crippen LogP contribution in [0.5, 0.6) is 0 Å².